The van der Waals surface area contributed by atoms with Crippen LogP contribution in [0.4, 0.5) is 15.9 Å². The molecule has 0 saturated heterocycles. The molecule has 1 saturated carbocycles. The van der Waals surface area contributed by atoms with Crippen molar-refractivity contribution >= 4 is 43.2 Å². The second kappa shape index (κ2) is 8.29. The zero-order chi connectivity index (χ0) is 19.4. The molecule has 0 radical (unpaired) electrons. The Morgan fingerprint density at radius 3 is 2.89 bits per heavy atom. The highest BCUT2D eigenvalue weighted by atomic mass is 79.9. The van der Waals surface area contributed by atoms with Crippen LogP contribution in [0.25, 0.3) is 0 Å². The van der Waals surface area contributed by atoms with Crippen molar-refractivity contribution in [3.63, 3.8) is 0 Å². The van der Waals surface area contributed by atoms with E-state index in [9.17, 15) is 13.8 Å². The Morgan fingerprint density at radius 1 is 1.44 bits per heavy atom. The molecule has 146 valence electrons. The predicted octanol–water partition coefficient (Wildman–Crippen LogP) is 2.15. The number of benzene rings is 1. The third-order valence-electron chi connectivity index (χ3n) is 3.69. The van der Waals surface area contributed by atoms with Crippen LogP contribution in [0, 0.1) is 10.6 Å². The zero-order valence-corrected chi connectivity index (χ0v) is 16.3. The number of nitrogens with one attached hydrogen (secondary N) is 4. The van der Waals surface area contributed by atoms with Gasteiger partial charge in [0, 0.05) is 13.1 Å². The Bertz CT molecular complexity index is 946. The van der Waals surface area contributed by atoms with Gasteiger partial charge in [-0.15, -0.1) is 0 Å². The number of hydrogen-bond donors (Lipinski definition) is 5. The van der Waals surface area contributed by atoms with Crippen molar-refractivity contribution in [2.45, 2.75) is 18.1 Å². The third-order valence-corrected chi connectivity index (χ3v) is 6.34. The standard InChI is InChI=1S/C14H17BrFN7O3S/c15-10-7-8(1-4-11(10)16)20-14(21-24)12-13(23-26-22-12)18-5-6-19-27(17,25)9-2-3-9/h1,4,7,9,24H,2-3,5-6H2,(H,18,23)(H,20,21)(H2,17,19,25). The summed E-state index contributed by atoms with van der Waals surface area (Å²) in [7, 11) is -2.77. The van der Waals surface area contributed by atoms with Crippen molar-refractivity contribution in [3.8, 4) is 0 Å². The smallest absolute Gasteiger partial charge is 0.202 e. The second-order valence-electron chi connectivity index (χ2n) is 5.75. The number of nitrogens with zero attached hydrogens (tertiary/aromatic N) is 3. The van der Waals surface area contributed by atoms with E-state index in [-0.39, 0.29) is 33.6 Å². The molecule has 10 nitrogen and oxygen atoms in total. The van der Waals surface area contributed by atoms with Gasteiger partial charge >= 0.3 is 0 Å². The minimum absolute atomic E-state index is 0.0625. The van der Waals surface area contributed by atoms with Gasteiger partial charge < -0.3 is 5.32 Å². The summed E-state index contributed by atoms with van der Waals surface area (Å²) in [5.74, 6) is -0.309. The summed E-state index contributed by atoms with van der Waals surface area (Å²) in [6, 6.07) is 4.08. The van der Waals surface area contributed by atoms with Gasteiger partial charge in [-0.05, 0) is 57.3 Å². The van der Waals surface area contributed by atoms with E-state index in [1.165, 1.54) is 18.2 Å². The van der Waals surface area contributed by atoms with Crippen molar-refractivity contribution in [2.75, 3.05) is 18.4 Å². The maximum atomic E-state index is 13.3. The molecule has 2 aromatic rings. The lowest BCUT2D eigenvalue weighted by molar-refractivity contribution is 0.234. The summed E-state index contributed by atoms with van der Waals surface area (Å²) < 4.78 is 40.6. The number of halogens is 2. The second-order valence-corrected chi connectivity index (χ2v) is 8.76. The van der Waals surface area contributed by atoms with E-state index in [4.69, 9.17) is 4.78 Å². The highest BCUT2D eigenvalue weighted by molar-refractivity contribution is 9.10. The normalized spacial score (nSPS) is 16.8. The molecule has 1 heterocycles. The molecule has 13 heteroatoms. The summed E-state index contributed by atoms with van der Waals surface area (Å²) in [4.78, 5) is 4.15. The van der Waals surface area contributed by atoms with Crippen LogP contribution in [-0.4, -0.2) is 43.9 Å². The summed E-state index contributed by atoms with van der Waals surface area (Å²) >= 11 is 3.06. The molecule has 1 aromatic carbocycles. The Kier molecular flexibility index (Phi) is 6.04. The van der Waals surface area contributed by atoms with Crippen LogP contribution in [0.15, 0.2) is 32.3 Å². The van der Waals surface area contributed by atoms with Crippen LogP contribution in [0.1, 0.15) is 18.5 Å². The highest BCUT2D eigenvalue weighted by Crippen LogP contribution is 2.27. The molecule has 1 fully saturated rings. The third kappa shape index (κ3) is 5.00. The minimum Gasteiger partial charge on any atom is -0.364 e. The van der Waals surface area contributed by atoms with Crippen molar-refractivity contribution in [2.24, 2.45) is 4.99 Å². The summed E-state index contributed by atoms with van der Waals surface area (Å²) in [6.07, 6.45) is 1.61. The molecular weight excluding hydrogens is 445 g/mol. The molecule has 0 bridgehead atoms. The fourth-order valence-electron chi connectivity index (χ4n) is 2.18. The number of aromatic nitrogens is 2. The van der Waals surface area contributed by atoms with E-state index in [1.54, 1.807) is 0 Å². The lowest BCUT2D eigenvalue weighted by Gasteiger charge is -2.09. The van der Waals surface area contributed by atoms with E-state index in [0.29, 0.717) is 12.2 Å². The number of rotatable bonds is 8. The average Bonchev–Trinajstić information content (AvgIpc) is 3.40. The molecule has 5 N–H and O–H groups in total. The quantitative estimate of drug-likeness (QED) is 0.175. The lowest BCUT2D eigenvalue weighted by atomic mass is 10.3. The van der Waals surface area contributed by atoms with Gasteiger partial charge in [-0.1, -0.05) is 0 Å². The largest absolute Gasteiger partial charge is 0.364 e. The maximum absolute atomic E-state index is 13.3. The van der Waals surface area contributed by atoms with Crippen molar-refractivity contribution in [3.05, 3.63) is 34.2 Å². The van der Waals surface area contributed by atoms with E-state index in [1.807, 2.05) is 5.48 Å². The minimum atomic E-state index is -2.77. The molecule has 1 aromatic heterocycles. The van der Waals surface area contributed by atoms with Gasteiger partial charge in [0.2, 0.25) is 5.82 Å². The van der Waals surface area contributed by atoms with E-state index >= 15 is 0 Å². The van der Waals surface area contributed by atoms with Crippen molar-refractivity contribution < 1.29 is 18.4 Å². The Morgan fingerprint density at radius 2 is 2.22 bits per heavy atom. The monoisotopic (exact) mass is 461 g/mol. The van der Waals surface area contributed by atoms with Gasteiger partial charge in [0.25, 0.3) is 0 Å². The molecule has 1 unspecified atom stereocenters. The molecule has 0 spiro atoms. The highest BCUT2D eigenvalue weighted by Gasteiger charge is 2.32. The van der Waals surface area contributed by atoms with E-state index in [0.717, 1.165) is 12.8 Å². The van der Waals surface area contributed by atoms with Crippen LogP contribution in [0.2, 0.25) is 0 Å². The number of hydrogen-bond acceptors (Lipinski definition) is 8. The molecule has 27 heavy (non-hydrogen) atoms. The summed E-state index contributed by atoms with van der Waals surface area (Å²) in [5.41, 5.74) is 2.37. The first-order valence-electron chi connectivity index (χ1n) is 7.93. The lowest BCUT2D eigenvalue weighted by Crippen LogP contribution is -2.31. The topological polar surface area (TPSA) is 149 Å². The van der Waals surface area contributed by atoms with Gasteiger partial charge in [0.15, 0.2) is 11.5 Å². The predicted molar refractivity (Wildman–Crippen MR) is 99.9 cm³/mol. The van der Waals surface area contributed by atoms with Crippen molar-refractivity contribution in [1.29, 1.82) is 4.78 Å². The van der Waals surface area contributed by atoms with Gasteiger partial charge in [-0.2, -0.15) is 0 Å². The number of aliphatic imine (C=N–C) groups is 1. The SMILES string of the molecule is N=S(=O)(NCCNc1nonc1C(=Nc1ccc(F)c(Br)c1)NO)C1CC1. The van der Waals surface area contributed by atoms with Gasteiger partial charge in [-0.25, -0.2) is 27.7 Å². The Balaban J connectivity index is 1.66. The van der Waals surface area contributed by atoms with E-state index in [2.05, 4.69) is 45.9 Å². The maximum Gasteiger partial charge on any atom is 0.202 e. The Hall–Kier alpha value is -2.09. The number of anilines is 1. The first-order valence-corrected chi connectivity index (χ1v) is 10.3. The number of hydroxylamine groups is 1. The Labute approximate surface area is 162 Å². The molecular formula is C14H17BrFN7O3S. The van der Waals surface area contributed by atoms with Gasteiger partial charge in [-0.3, -0.25) is 10.7 Å². The van der Waals surface area contributed by atoms with Crippen molar-refractivity contribution in [1.82, 2.24) is 20.5 Å². The van der Waals surface area contributed by atoms with Crippen LogP contribution < -0.4 is 15.5 Å². The molecule has 0 amide bonds. The van der Waals surface area contributed by atoms with Crippen LogP contribution in [0.5, 0.6) is 0 Å². The summed E-state index contributed by atoms with van der Waals surface area (Å²) in [5, 5.41) is 19.6. The average molecular weight is 462 g/mol. The molecule has 1 aliphatic carbocycles. The molecule has 3 rings (SSSR count). The molecule has 0 aliphatic heterocycles. The fraction of sp³-hybridized carbons (Fsp3) is 0.357. The van der Waals surface area contributed by atoms with Crippen LogP contribution in [0.3, 0.4) is 0 Å². The van der Waals surface area contributed by atoms with E-state index < -0.39 is 15.7 Å². The first kappa shape index (κ1) is 19.7. The fourth-order valence-corrected chi connectivity index (χ4v) is 3.98. The van der Waals surface area contributed by atoms with Gasteiger partial charge in [0.05, 0.1) is 15.4 Å². The first-order chi connectivity index (χ1) is 12.9. The summed E-state index contributed by atoms with van der Waals surface area (Å²) in [6.45, 7) is 0.569. The van der Waals surface area contributed by atoms with Gasteiger partial charge in [0.1, 0.15) is 15.7 Å². The molecule has 1 aliphatic rings. The zero-order valence-electron chi connectivity index (χ0n) is 13.9. The van der Waals surface area contributed by atoms with Crippen LogP contribution in [-0.2, 0) is 9.92 Å². The van der Waals surface area contributed by atoms with Crippen LogP contribution >= 0.6 is 15.9 Å². The molecule has 1 atom stereocenters. The number of amidine groups is 1.